The van der Waals surface area contributed by atoms with Gasteiger partial charge in [-0.3, -0.25) is 19.0 Å². The van der Waals surface area contributed by atoms with E-state index in [0.29, 0.717) is 18.7 Å². The third-order valence-electron chi connectivity index (χ3n) is 5.27. The number of rotatable bonds is 7. The van der Waals surface area contributed by atoms with Crippen LogP contribution in [-0.4, -0.2) is 51.9 Å². The molecule has 150 valence electrons. The van der Waals surface area contributed by atoms with Crippen molar-refractivity contribution in [3.63, 3.8) is 0 Å². The second kappa shape index (κ2) is 8.30. The van der Waals surface area contributed by atoms with Gasteiger partial charge in [-0.05, 0) is 37.1 Å². The highest BCUT2D eigenvalue weighted by molar-refractivity contribution is 5.93. The van der Waals surface area contributed by atoms with Gasteiger partial charge in [-0.1, -0.05) is 6.07 Å². The van der Waals surface area contributed by atoms with Crippen LogP contribution in [0.1, 0.15) is 29.8 Å². The quantitative estimate of drug-likeness (QED) is 0.638. The van der Waals surface area contributed by atoms with E-state index in [1.165, 1.54) is 0 Å². The van der Waals surface area contributed by atoms with Crippen molar-refractivity contribution < 1.29 is 9.59 Å². The van der Waals surface area contributed by atoms with E-state index in [0.717, 1.165) is 24.2 Å². The summed E-state index contributed by atoms with van der Waals surface area (Å²) in [6, 6.07) is 9.63. The Bertz CT molecular complexity index is 997. The largest absolute Gasteiger partial charge is 0.374 e. The van der Waals surface area contributed by atoms with E-state index in [-0.39, 0.29) is 23.9 Å². The molecule has 1 saturated carbocycles. The van der Waals surface area contributed by atoms with E-state index in [4.69, 9.17) is 0 Å². The van der Waals surface area contributed by atoms with Crippen LogP contribution in [0, 0.1) is 0 Å². The Balaban J connectivity index is 1.19. The minimum atomic E-state index is -0.141. The number of nitrogens with one attached hydrogen (secondary N) is 2. The molecular weight excluding hydrogens is 368 g/mol. The van der Waals surface area contributed by atoms with Crippen LogP contribution in [0.4, 0.5) is 5.69 Å². The molecule has 1 aliphatic rings. The van der Waals surface area contributed by atoms with Gasteiger partial charge in [0.15, 0.2) is 0 Å². The first-order chi connectivity index (χ1) is 14.1. The molecule has 0 unspecified atom stereocenters. The number of nitrogens with zero attached hydrogens (tertiary/aromatic N) is 4. The molecule has 0 saturated heterocycles. The summed E-state index contributed by atoms with van der Waals surface area (Å²) in [5.74, 6) is -0.111. The van der Waals surface area contributed by atoms with Crippen molar-refractivity contribution >= 4 is 23.1 Å². The fourth-order valence-electron chi connectivity index (χ4n) is 3.51. The average molecular weight is 392 g/mol. The Kier molecular flexibility index (Phi) is 5.41. The van der Waals surface area contributed by atoms with Gasteiger partial charge in [0.2, 0.25) is 5.91 Å². The lowest BCUT2D eigenvalue weighted by molar-refractivity contribution is -0.122. The highest BCUT2D eigenvalue weighted by Crippen LogP contribution is 2.21. The van der Waals surface area contributed by atoms with E-state index < -0.39 is 0 Å². The summed E-state index contributed by atoms with van der Waals surface area (Å²) in [4.78, 5) is 35.0. The zero-order chi connectivity index (χ0) is 20.2. The van der Waals surface area contributed by atoms with Crippen LogP contribution >= 0.6 is 0 Å². The number of amides is 2. The normalized spacial score (nSPS) is 18.1. The summed E-state index contributed by atoms with van der Waals surface area (Å²) in [6.45, 7) is 0.636. The van der Waals surface area contributed by atoms with E-state index in [2.05, 4.69) is 20.6 Å². The first kappa shape index (κ1) is 18.9. The number of hydrogen-bond acceptors (Lipinski definition) is 5. The van der Waals surface area contributed by atoms with Crippen LogP contribution < -0.4 is 15.5 Å². The number of imidazole rings is 1. The van der Waals surface area contributed by atoms with Gasteiger partial charge in [0.25, 0.3) is 5.91 Å². The number of carbonyl (C=O) groups excluding carboxylic acids is 2. The molecule has 0 radical (unpaired) electrons. The molecule has 2 amide bonds. The molecule has 0 bridgehead atoms. The molecule has 0 aliphatic heterocycles. The van der Waals surface area contributed by atoms with Gasteiger partial charge in [-0.2, -0.15) is 0 Å². The summed E-state index contributed by atoms with van der Waals surface area (Å²) in [5, 5.41) is 6.06. The smallest absolute Gasteiger partial charge is 0.270 e. The summed E-state index contributed by atoms with van der Waals surface area (Å²) >= 11 is 0. The van der Waals surface area contributed by atoms with Crippen molar-refractivity contribution in [2.45, 2.75) is 31.3 Å². The van der Waals surface area contributed by atoms with E-state index in [1.807, 2.05) is 48.5 Å². The summed E-state index contributed by atoms with van der Waals surface area (Å²) in [5.41, 5.74) is 2.30. The molecule has 0 aromatic carbocycles. The van der Waals surface area contributed by atoms with Crippen LogP contribution in [0.15, 0.2) is 55.1 Å². The van der Waals surface area contributed by atoms with Gasteiger partial charge in [0, 0.05) is 56.4 Å². The Morgan fingerprint density at radius 1 is 1.14 bits per heavy atom. The number of carbonyl (C=O) groups is 2. The monoisotopic (exact) mass is 392 g/mol. The second-order valence-electron chi connectivity index (χ2n) is 7.36. The molecule has 1 fully saturated rings. The SMILES string of the molecule is CN(CCC(=O)NC1CC(NC(=O)c2cnc3ccccn23)C1)c1ccncc1. The fourth-order valence-corrected chi connectivity index (χ4v) is 3.51. The molecule has 8 nitrogen and oxygen atoms in total. The van der Waals surface area contributed by atoms with Crippen molar-refractivity contribution in [1.82, 2.24) is 25.0 Å². The van der Waals surface area contributed by atoms with Gasteiger partial charge >= 0.3 is 0 Å². The van der Waals surface area contributed by atoms with Crippen molar-refractivity contribution in [2.24, 2.45) is 0 Å². The number of fused-ring (bicyclic) bond motifs is 1. The zero-order valence-electron chi connectivity index (χ0n) is 16.3. The maximum Gasteiger partial charge on any atom is 0.270 e. The highest BCUT2D eigenvalue weighted by Gasteiger charge is 2.32. The lowest BCUT2D eigenvalue weighted by Crippen LogP contribution is -2.54. The highest BCUT2D eigenvalue weighted by atomic mass is 16.2. The van der Waals surface area contributed by atoms with Gasteiger partial charge in [-0.25, -0.2) is 4.98 Å². The van der Waals surface area contributed by atoms with Gasteiger partial charge in [-0.15, -0.1) is 0 Å². The van der Waals surface area contributed by atoms with Crippen molar-refractivity contribution in [3.8, 4) is 0 Å². The Morgan fingerprint density at radius 2 is 1.90 bits per heavy atom. The van der Waals surface area contributed by atoms with Crippen molar-refractivity contribution in [1.29, 1.82) is 0 Å². The molecule has 0 atom stereocenters. The van der Waals surface area contributed by atoms with Gasteiger partial charge in [0.05, 0.1) is 6.20 Å². The third-order valence-corrected chi connectivity index (χ3v) is 5.27. The lowest BCUT2D eigenvalue weighted by atomic mass is 9.86. The second-order valence-corrected chi connectivity index (χ2v) is 7.36. The summed E-state index contributed by atoms with van der Waals surface area (Å²) in [6.07, 6.45) is 8.80. The molecule has 3 aromatic heterocycles. The average Bonchev–Trinajstić information content (AvgIpc) is 3.15. The number of pyridine rings is 2. The molecular formula is C21H24N6O2. The van der Waals surface area contributed by atoms with Crippen LogP contribution in [0.25, 0.3) is 5.65 Å². The Morgan fingerprint density at radius 3 is 2.69 bits per heavy atom. The molecule has 3 aromatic rings. The molecule has 4 rings (SSSR count). The van der Waals surface area contributed by atoms with Crippen molar-refractivity contribution in [2.75, 3.05) is 18.5 Å². The Labute approximate surface area is 169 Å². The molecule has 8 heteroatoms. The maximum atomic E-state index is 12.5. The predicted molar refractivity (Wildman–Crippen MR) is 110 cm³/mol. The van der Waals surface area contributed by atoms with Crippen LogP contribution in [-0.2, 0) is 4.79 Å². The first-order valence-corrected chi connectivity index (χ1v) is 9.73. The molecule has 2 N–H and O–H groups in total. The van der Waals surface area contributed by atoms with Gasteiger partial charge < -0.3 is 15.5 Å². The number of aromatic nitrogens is 3. The standard InChI is InChI=1S/C21H24N6O2/c1-26(17-5-8-22-9-6-17)11-7-20(28)24-15-12-16(13-15)25-21(29)18-14-23-19-4-2-3-10-27(18)19/h2-6,8-10,14-16H,7,11-13H2,1H3,(H,24,28)(H,25,29). The fraction of sp³-hybridized carbons (Fsp3) is 0.333. The Hall–Kier alpha value is -3.42. The van der Waals surface area contributed by atoms with Crippen molar-refractivity contribution in [3.05, 3.63) is 60.8 Å². The molecule has 29 heavy (non-hydrogen) atoms. The number of anilines is 1. The maximum absolute atomic E-state index is 12.5. The van der Waals surface area contributed by atoms with Gasteiger partial charge in [0.1, 0.15) is 11.3 Å². The van der Waals surface area contributed by atoms with E-state index in [1.54, 1.807) is 23.0 Å². The molecule has 0 spiro atoms. The van der Waals surface area contributed by atoms with E-state index in [9.17, 15) is 9.59 Å². The molecule has 3 heterocycles. The summed E-state index contributed by atoms with van der Waals surface area (Å²) < 4.78 is 1.77. The number of hydrogen-bond donors (Lipinski definition) is 2. The zero-order valence-corrected chi connectivity index (χ0v) is 16.3. The summed E-state index contributed by atoms with van der Waals surface area (Å²) in [7, 11) is 1.96. The van der Waals surface area contributed by atoms with Crippen LogP contribution in [0.5, 0.6) is 0 Å². The minimum Gasteiger partial charge on any atom is -0.374 e. The lowest BCUT2D eigenvalue weighted by Gasteiger charge is -2.36. The van der Waals surface area contributed by atoms with Crippen LogP contribution in [0.2, 0.25) is 0 Å². The van der Waals surface area contributed by atoms with E-state index >= 15 is 0 Å². The van der Waals surface area contributed by atoms with Crippen LogP contribution in [0.3, 0.4) is 0 Å². The topological polar surface area (TPSA) is 91.6 Å². The minimum absolute atomic E-state index is 0.0301. The first-order valence-electron chi connectivity index (χ1n) is 9.73. The third kappa shape index (κ3) is 4.37. The molecule has 1 aliphatic carbocycles. The predicted octanol–water partition coefficient (Wildman–Crippen LogP) is 1.63.